The van der Waals surface area contributed by atoms with Gasteiger partial charge in [0, 0.05) is 13.0 Å². The van der Waals surface area contributed by atoms with Gasteiger partial charge in [-0.15, -0.1) is 11.6 Å². The van der Waals surface area contributed by atoms with Crippen molar-refractivity contribution in [2.75, 3.05) is 30.6 Å². The van der Waals surface area contributed by atoms with Crippen LogP contribution < -0.4 is 4.31 Å². The summed E-state index contributed by atoms with van der Waals surface area (Å²) >= 11 is 5.57. The monoisotopic (exact) mass is 304 g/mol. The molecule has 0 spiro atoms. The summed E-state index contributed by atoms with van der Waals surface area (Å²) in [6.45, 7) is -0.233. The van der Waals surface area contributed by atoms with Crippen LogP contribution in [0.2, 0.25) is 0 Å². The van der Waals surface area contributed by atoms with Crippen LogP contribution in [0.5, 0.6) is 0 Å². The van der Waals surface area contributed by atoms with Gasteiger partial charge in [0.25, 0.3) is 5.91 Å². The zero-order valence-electron chi connectivity index (χ0n) is 10.2. The van der Waals surface area contributed by atoms with Crippen LogP contribution in [0, 0.1) is 0 Å². The average Bonchev–Trinajstić information content (AvgIpc) is 2.40. The van der Waals surface area contributed by atoms with E-state index >= 15 is 0 Å². The number of para-hydroxylation sites is 1. The number of amides is 1. The first-order valence-corrected chi connectivity index (χ1v) is 7.46. The van der Waals surface area contributed by atoms with Crippen molar-refractivity contribution in [3.8, 4) is 0 Å². The van der Waals surface area contributed by atoms with Gasteiger partial charge in [-0.1, -0.05) is 12.1 Å². The number of carbonyl (C=O) groups excluding carboxylic acids is 1. The van der Waals surface area contributed by atoms with Crippen molar-refractivity contribution >= 4 is 33.4 Å². The second-order valence-electron chi connectivity index (χ2n) is 3.86. The number of halogens is 1. The highest BCUT2D eigenvalue weighted by atomic mass is 35.5. The molecule has 19 heavy (non-hydrogen) atoms. The molecule has 0 atom stereocenters. The molecule has 0 N–H and O–H groups in total. The number of hydrogen-bond acceptors (Lipinski definition) is 4. The maximum Gasteiger partial charge on any atom is 0.330 e. The normalized spacial score (nSPS) is 17.5. The quantitative estimate of drug-likeness (QED) is 0.779. The fourth-order valence-electron chi connectivity index (χ4n) is 1.90. The van der Waals surface area contributed by atoms with Crippen molar-refractivity contribution in [3.05, 3.63) is 29.8 Å². The summed E-state index contributed by atoms with van der Waals surface area (Å²) in [4.78, 5) is 12.2. The van der Waals surface area contributed by atoms with Crippen LogP contribution in [0.1, 0.15) is 10.4 Å². The number of anilines is 1. The third kappa shape index (κ3) is 2.29. The van der Waals surface area contributed by atoms with E-state index < -0.39 is 16.1 Å². The first kappa shape index (κ1) is 14.1. The fraction of sp³-hybridized carbons (Fsp3) is 0.364. The molecule has 1 aliphatic heterocycles. The first-order chi connectivity index (χ1) is 9.04. The lowest BCUT2D eigenvalue weighted by atomic mass is 10.1. The topological polar surface area (TPSA) is 66.9 Å². The molecule has 1 aromatic rings. The maximum absolute atomic E-state index is 12.4. The minimum atomic E-state index is -3.94. The minimum absolute atomic E-state index is 0.0357. The van der Waals surface area contributed by atoms with Crippen LogP contribution in [0.15, 0.2) is 24.3 Å². The third-order valence-electron chi connectivity index (χ3n) is 2.72. The zero-order chi connectivity index (χ0) is 14.0. The predicted octanol–water partition coefficient (Wildman–Crippen LogP) is 1.04. The van der Waals surface area contributed by atoms with Gasteiger partial charge in [0.15, 0.2) is 0 Å². The van der Waals surface area contributed by atoms with Crippen LogP contribution >= 0.6 is 11.6 Å². The number of carbonyl (C=O) groups is 1. The summed E-state index contributed by atoms with van der Waals surface area (Å²) < 4.78 is 31.4. The van der Waals surface area contributed by atoms with E-state index in [1.165, 1.54) is 7.11 Å². The lowest BCUT2D eigenvalue weighted by molar-refractivity contribution is 0.0860. The van der Waals surface area contributed by atoms with E-state index in [0.29, 0.717) is 11.3 Å². The number of ether oxygens (including phenoxy) is 1. The minimum Gasteiger partial charge on any atom is -0.363 e. The van der Waals surface area contributed by atoms with Gasteiger partial charge in [0.2, 0.25) is 0 Å². The van der Waals surface area contributed by atoms with E-state index in [2.05, 4.69) is 0 Å². The van der Waals surface area contributed by atoms with Crippen molar-refractivity contribution < 1.29 is 17.9 Å². The lowest BCUT2D eigenvalue weighted by Crippen LogP contribution is -2.52. The van der Waals surface area contributed by atoms with Gasteiger partial charge < -0.3 is 4.74 Å². The second kappa shape index (κ2) is 5.36. The van der Waals surface area contributed by atoms with Gasteiger partial charge in [0.1, 0.15) is 6.73 Å². The molecule has 0 aromatic heterocycles. The Labute approximate surface area is 116 Å². The summed E-state index contributed by atoms with van der Waals surface area (Å²) in [6, 6.07) is 6.50. The molecule has 0 radical (unpaired) electrons. The summed E-state index contributed by atoms with van der Waals surface area (Å²) in [5, 5.41) is 0. The molecule has 0 fully saturated rings. The Morgan fingerprint density at radius 3 is 2.58 bits per heavy atom. The Morgan fingerprint density at radius 2 is 1.95 bits per heavy atom. The largest absolute Gasteiger partial charge is 0.363 e. The van der Waals surface area contributed by atoms with E-state index in [-0.39, 0.29) is 19.2 Å². The molecule has 104 valence electrons. The van der Waals surface area contributed by atoms with E-state index in [1.807, 2.05) is 0 Å². The number of fused-ring (bicyclic) bond motifs is 1. The van der Waals surface area contributed by atoms with Crippen LogP contribution in [-0.2, 0) is 14.9 Å². The molecule has 1 aliphatic rings. The van der Waals surface area contributed by atoms with Crippen LogP contribution in [-0.4, -0.2) is 44.9 Å². The Bertz CT molecular complexity index is 590. The summed E-state index contributed by atoms with van der Waals surface area (Å²) in [7, 11) is -2.55. The Hall–Kier alpha value is -1.31. The molecule has 0 bridgehead atoms. The van der Waals surface area contributed by atoms with Gasteiger partial charge in [-0.25, -0.2) is 8.61 Å². The Balaban J connectivity index is 2.60. The van der Waals surface area contributed by atoms with Gasteiger partial charge in [-0.2, -0.15) is 8.42 Å². The van der Waals surface area contributed by atoms with Gasteiger partial charge in [-0.05, 0) is 12.1 Å². The van der Waals surface area contributed by atoms with Crippen LogP contribution in [0.3, 0.4) is 0 Å². The molecule has 6 nitrogen and oxygen atoms in total. The highest BCUT2D eigenvalue weighted by Crippen LogP contribution is 2.31. The van der Waals surface area contributed by atoms with Gasteiger partial charge in [-0.3, -0.25) is 4.79 Å². The van der Waals surface area contributed by atoms with Crippen LogP contribution in [0.25, 0.3) is 0 Å². The molecule has 0 saturated carbocycles. The van der Waals surface area contributed by atoms with E-state index in [1.54, 1.807) is 24.3 Å². The van der Waals surface area contributed by atoms with Gasteiger partial charge >= 0.3 is 10.2 Å². The Morgan fingerprint density at radius 1 is 1.26 bits per heavy atom. The number of rotatable bonds is 4. The van der Waals surface area contributed by atoms with Crippen LogP contribution in [0.4, 0.5) is 5.69 Å². The SMILES string of the molecule is COCN1c2ccccc2C(=O)N(CCCl)S1(=O)=O. The summed E-state index contributed by atoms with van der Waals surface area (Å²) in [6.07, 6.45) is 0. The van der Waals surface area contributed by atoms with Crippen molar-refractivity contribution in [1.29, 1.82) is 0 Å². The molecule has 0 unspecified atom stereocenters. The molecule has 1 amide bonds. The molecular weight excluding hydrogens is 292 g/mol. The first-order valence-electron chi connectivity index (χ1n) is 5.52. The van der Waals surface area contributed by atoms with E-state index in [0.717, 1.165) is 8.61 Å². The average molecular weight is 305 g/mol. The number of nitrogens with zero attached hydrogens (tertiary/aromatic N) is 2. The molecule has 0 saturated heterocycles. The lowest BCUT2D eigenvalue weighted by Gasteiger charge is -2.35. The number of benzene rings is 1. The molecule has 8 heteroatoms. The summed E-state index contributed by atoms with van der Waals surface area (Å²) in [5.74, 6) is -0.530. The van der Waals surface area contributed by atoms with Crippen molar-refractivity contribution in [2.45, 2.75) is 0 Å². The molecule has 1 heterocycles. The van der Waals surface area contributed by atoms with Gasteiger partial charge in [0.05, 0.1) is 17.8 Å². The van der Waals surface area contributed by atoms with Crippen molar-refractivity contribution in [2.24, 2.45) is 0 Å². The fourth-order valence-corrected chi connectivity index (χ4v) is 3.68. The predicted molar refractivity (Wildman–Crippen MR) is 71.5 cm³/mol. The zero-order valence-corrected chi connectivity index (χ0v) is 11.8. The molecular formula is C11H13ClN2O4S. The van der Waals surface area contributed by atoms with Crippen molar-refractivity contribution in [3.63, 3.8) is 0 Å². The number of hydrogen-bond donors (Lipinski definition) is 0. The number of alkyl halides is 1. The highest BCUT2D eigenvalue weighted by Gasteiger charge is 2.41. The second-order valence-corrected chi connectivity index (χ2v) is 6.01. The smallest absolute Gasteiger partial charge is 0.330 e. The highest BCUT2D eigenvalue weighted by molar-refractivity contribution is 7.91. The Kier molecular flexibility index (Phi) is 3.98. The van der Waals surface area contributed by atoms with E-state index in [4.69, 9.17) is 16.3 Å². The third-order valence-corrected chi connectivity index (χ3v) is 4.65. The standard InChI is InChI=1S/C11H13ClN2O4S/c1-18-8-14-10-5-3-2-4-9(10)11(15)13(7-6-12)19(14,16)17/h2-5H,6-8H2,1H3. The molecule has 1 aromatic carbocycles. The maximum atomic E-state index is 12.4. The van der Waals surface area contributed by atoms with Crippen molar-refractivity contribution in [1.82, 2.24) is 4.31 Å². The van der Waals surface area contributed by atoms with E-state index in [9.17, 15) is 13.2 Å². The molecule has 2 rings (SSSR count). The summed E-state index contributed by atoms with van der Waals surface area (Å²) in [5.41, 5.74) is 0.639. The number of methoxy groups -OCH3 is 1. The molecule has 0 aliphatic carbocycles.